The maximum Gasteiger partial charge on any atom is 0.237 e. The van der Waals surface area contributed by atoms with Crippen LogP contribution in [0.3, 0.4) is 0 Å². The van der Waals surface area contributed by atoms with Crippen molar-refractivity contribution in [2.24, 2.45) is 0 Å². The summed E-state index contributed by atoms with van der Waals surface area (Å²) in [4.78, 5) is 8.17. The lowest BCUT2D eigenvalue weighted by atomic mass is 9.91. The summed E-state index contributed by atoms with van der Waals surface area (Å²) in [6.07, 6.45) is 0. The number of hydrogen-bond donors (Lipinski definition) is 1. The summed E-state index contributed by atoms with van der Waals surface area (Å²) < 4.78 is 5.55. The van der Waals surface area contributed by atoms with Gasteiger partial charge in [-0.2, -0.15) is 4.98 Å². The van der Waals surface area contributed by atoms with E-state index in [1.54, 1.807) is 11.3 Å². The van der Waals surface area contributed by atoms with Crippen LogP contribution in [0.25, 0.3) is 0 Å². The number of piperazine rings is 1. The third-order valence-electron chi connectivity index (χ3n) is 3.92. The Labute approximate surface area is 123 Å². The van der Waals surface area contributed by atoms with Gasteiger partial charge in [0.15, 0.2) is 5.82 Å². The smallest absolute Gasteiger partial charge is 0.237 e. The van der Waals surface area contributed by atoms with Crippen molar-refractivity contribution in [3.63, 3.8) is 0 Å². The highest BCUT2D eigenvalue weighted by Crippen LogP contribution is 2.34. The van der Waals surface area contributed by atoms with Crippen LogP contribution in [0.15, 0.2) is 22.0 Å². The molecule has 1 fully saturated rings. The van der Waals surface area contributed by atoms with Crippen LogP contribution in [0.5, 0.6) is 0 Å². The molecule has 0 radical (unpaired) electrons. The third kappa shape index (κ3) is 2.39. The lowest BCUT2D eigenvalue weighted by molar-refractivity contribution is 0.190. The number of hydrogen-bond acceptors (Lipinski definition) is 6. The second-order valence-electron chi connectivity index (χ2n) is 5.76. The van der Waals surface area contributed by atoms with Gasteiger partial charge in [-0.15, -0.1) is 11.3 Å². The van der Waals surface area contributed by atoms with Gasteiger partial charge in [0.2, 0.25) is 5.89 Å². The Kier molecular flexibility index (Phi) is 3.62. The van der Waals surface area contributed by atoms with Gasteiger partial charge in [0, 0.05) is 24.5 Å². The Morgan fingerprint density at radius 3 is 3.05 bits per heavy atom. The van der Waals surface area contributed by atoms with Gasteiger partial charge in [-0.25, -0.2) is 0 Å². The number of aromatic nitrogens is 2. The molecular weight excluding hydrogens is 272 g/mol. The van der Waals surface area contributed by atoms with Gasteiger partial charge in [0.25, 0.3) is 0 Å². The van der Waals surface area contributed by atoms with E-state index in [0.717, 1.165) is 25.5 Å². The highest BCUT2D eigenvalue weighted by Gasteiger charge is 2.33. The molecular formula is C14H20N4OS. The molecule has 6 heteroatoms. The van der Waals surface area contributed by atoms with Gasteiger partial charge in [-0.05, 0) is 32.3 Å². The number of nitrogens with zero attached hydrogens (tertiary/aromatic N) is 3. The zero-order valence-corrected chi connectivity index (χ0v) is 12.9. The van der Waals surface area contributed by atoms with Crippen molar-refractivity contribution in [3.05, 3.63) is 34.1 Å². The van der Waals surface area contributed by atoms with Crippen molar-refractivity contribution in [2.45, 2.75) is 25.3 Å². The van der Waals surface area contributed by atoms with E-state index < -0.39 is 0 Å². The number of nitrogens with one attached hydrogen (secondary N) is 1. The normalized spacial score (nSPS) is 21.2. The van der Waals surface area contributed by atoms with Crippen LogP contribution in [0.1, 0.15) is 36.5 Å². The summed E-state index contributed by atoms with van der Waals surface area (Å²) in [5, 5.41) is 9.66. The molecule has 20 heavy (non-hydrogen) atoms. The molecule has 108 valence electrons. The van der Waals surface area contributed by atoms with E-state index in [-0.39, 0.29) is 11.5 Å². The Morgan fingerprint density at radius 1 is 1.50 bits per heavy atom. The lowest BCUT2D eigenvalue weighted by Crippen LogP contribution is -2.44. The van der Waals surface area contributed by atoms with E-state index in [9.17, 15) is 0 Å². The quantitative estimate of drug-likeness (QED) is 0.938. The zero-order valence-electron chi connectivity index (χ0n) is 12.1. The van der Waals surface area contributed by atoms with Crippen LogP contribution in [0.2, 0.25) is 0 Å². The van der Waals surface area contributed by atoms with E-state index in [1.165, 1.54) is 4.88 Å². The molecule has 1 N–H and O–H groups in total. The molecule has 1 saturated heterocycles. The molecule has 0 spiro atoms. The zero-order chi connectivity index (χ0) is 14.2. The van der Waals surface area contributed by atoms with E-state index in [4.69, 9.17) is 4.52 Å². The van der Waals surface area contributed by atoms with Gasteiger partial charge in [0.1, 0.15) is 0 Å². The molecule has 3 rings (SSSR count). The molecule has 5 nitrogen and oxygen atoms in total. The predicted octanol–water partition coefficient (Wildman–Crippen LogP) is 2.03. The van der Waals surface area contributed by atoms with Gasteiger partial charge >= 0.3 is 0 Å². The summed E-state index contributed by atoms with van der Waals surface area (Å²) in [6, 6.07) is 4.36. The Hall–Kier alpha value is -1.24. The first-order chi connectivity index (χ1) is 9.59. The minimum Gasteiger partial charge on any atom is -0.338 e. The number of likely N-dealkylation sites (N-methyl/N-ethyl adjacent to an activating group) is 1. The van der Waals surface area contributed by atoms with Crippen molar-refractivity contribution in [1.82, 2.24) is 20.4 Å². The van der Waals surface area contributed by atoms with Gasteiger partial charge in [0.05, 0.1) is 11.5 Å². The first-order valence-electron chi connectivity index (χ1n) is 6.88. The highest BCUT2D eigenvalue weighted by atomic mass is 32.1. The van der Waals surface area contributed by atoms with Crippen LogP contribution in [0, 0.1) is 0 Å². The van der Waals surface area contributed by atoms with Gasteiger partial charge < -0.3 is 9.84 Å². The molecule has 2 aromatic heterocycles. The minimum atomic E-state index is -0.236. The van der Waals surface area contributed by atoms with Crippen LogP contribution in [-0.2, 0) is 5.41 Å². The summed E-state index contributed by atoms with van der Waals surface area (Å²) in [7, 11) is 2.10. The standard InChI is InChI=1S/C14H20N4OS/c1-14(2,11-5-4-8-20-11)13-16-12(17-19-13)10-9-15-6-7-18(10)3/h4-5,8,10,15H,6-7,9H2,1-3H3. The Morgan fingerprint density at radius 2 is 2.35 bits per heavy atom. The SMILES string of the molecule is CN1CCNCC1c1noc(C(C)(C)c2cccs2)n1. The lowest BCUT2D eigenvalue weighted by Gasteiger charge is -2.30. The Balaban J connectivity index is 1.86. The second-order valence-corrected chi connectivity index (χ2v) is 6.71. The fourth-order valence-electron chi connectivity index (χ4n) is 2.46. The molecule has 3 heterocycles. The van der Waals surface area contributed by atoms with E-state index in [2.05, 4.69) is 58.8 Å². The highest BCUT2D eigenvalue weighted by molar-refractivity contribution is 7.10. The fraction of sp³-hybridized carbons (Fsp3) is 0.571. The van der Waals surface area contributed by atoms with Crippen molar-refractivity contribution >= 4 is 11.3 Å². The van der Waals surface area contributed by atoms with Crippen molar-refractivity contribution < 1.29 is 4.52 Å². The maximum absolute atomic E-state index is 5.55. The largest absolute Gasteiger partial charge is 0.338 e. The molecule has 1 aliphatic heterocycles. The topological polar surface area (TPSA) is 54.2 Å². The van der Waals surface area contributed by atoms with E-state index >= 15 is 0 Å². The molecule has 0 amide bonds. The van der Waals surface area contributed by atoms with Crippen LogP contribution in [-0.4, -0.2) is 41.7 Å². The summed E-state index contributed by atoms with van der Waals surface area (Å²) in [6.45, 7) is 7.13. The second kappa shape index (κ2) is 5.27. The van der Waals surface area contributed by atoms with Crippen molar-refractivity contribution in [3.8, 4) is 0 Å². The summed E-state index contributed by atoms with van der Waals surface area (Å²) >= 11 is 1.72. The molecule has 1 aliphatic rings. The minimum absolute atomic E-state index is 0.195. The van der Waals surface area contributed by atoms with Crippen LogP contribution < -0.4 is 5.32 Å². The molecule has 2 aromatic rings. The maximum atomic E-state index is 5.55. The van der Waals surface area contributed by atoms with Crippen molar-refractivity contribution in [2.75, 3.05) is 26.7 Å². The first-order valence-corrected chi connectivity index (χ1v) is 7.76. The number of rotatable bonds is 3. The predicted molar refractivity (Wildman–Crippen MR) is 79.0 cm³/mol. The molecule has 1 unspecified atom stereocenters. The van der Waals surface area contributed by atoms with Gasteiger partial charge in [-0.3, -0.25) is 4.90 Å². The molecule has 0 saturated carbocycles. The number of thiophene rings is 1. The first kappa shape index (κ1) is 13.7. The monoisotopic (exact) mass is 292 g/mol. The molecule has 0 aliphatic carbocycles. The average molecular weight is 292 g/mol. The molecule has 0 aromatic carbocycles. The average Bonchev–Trinajstić information content (AvgIpc) is 3.11. The summed E-state index contributed by atoms with van der Waals surface area (Å²) in [5.74, 6) is 1.47. The third-order valence-corrected chi connectivity index (χ3v) is 5.12. The van der Waals surface area contributed by atoms with E-state index in [1.807, 2.05) is 0 Å². The summed E-state index contributed by atoms with van der Waals surface area (Å²) in [5.41, 5.74) is -0.236. The van der Waals surface area contributed by atoms with E-state index in [0.29, 0.717) is 5.89 Å². The van der Waals surface area contributed by atoms with Crippen LogP contribution in [0.4, 0.5) is 0 Å². The van der Waals surface area contributed by atoms with Gasteiger partial charge in [-0.1, -0.05) is 11.2 Å². The molecule has 0 bridgehead atoms. The Bertz CT molecular complexity index is 564. The fourth-order valence-corrected chi connectivity index (χ4v) is 3.30. The van der Waals surface area contributed by atoms with Crippen LogP contribution >= 0.6 is 11.3 Å². The molecule has 1 atom stereocenters. The van der Waals surface area contributed by atoms with Crippen molar-refractivity contribution in [1.29, 1.82) is 0 Å².